The van der Waals surface area contributed by atoms with Crippen LogP contribution in [0, 0.1) is 6.92 Å². The second-order valence-corrected chi connectivity index (χ2v) is 6.90. The highest BCUT2D eigenvalue weighted by Crippen LogP contribution is 2.27. The van der Waals surface area contributed by atoms with Crippen LogP contribution in [0.3, 0.4) is 0 Å². The maximum Gasteiger partial charge on any atom is 0.357 e. The molecule has 0 aromatic carbocycles. The van der Waals surface area contributed by atoms with Gasteiger partial charge in [-0.05, 0) is 25.5 Å². The molecular weight excluding hydrogens is 268 g/mol. The molecule has 1 atom stereocenters. The lowest BCUT2D eigenvalue weighted by Crippen LogP contribution is -2.20. The Balaban J connectivity index is 1.91. The van der Waals surface area contributed by atoms with Crippen molar-refractivity contribution in [3.63, 3.8) is 0 Å². The highest BCUT2D eigenvalue weighted by atomic mass is 32.2. The number of esters is 1. The smallest absolute Gasteiger partial charge is 0.357 e. The fourth-order valence-electron chi connectivity index (χ4n) is 1.93. The van der Waals surface area contributed by atoms with Gasteiger partial charge in [-0.25, -0.2) is 9.78 Å². The Bertz CT molecular complexity index is 414. The van der Waals surface area contributed by atoms with Crippen LogP contribution in [-0.2, 0) is 4.74 Å². The fourth-order valence-corrected chi connectivity index (χ4v) is 3.97. The van der Waals surface area contributed by atoms with Crippen molar-refractivity contribution in [2.45, 2.75) is 31.4 Å². The highest BCUT2D eigenvalue weighted by Gasteiger charge is 2.17. The van der Waals surface area contributed by atoms with Gasteiger partial charge in [0.15, 0.2) is 10.8 Å². The molecule has 1 N–H and O–H groups in total. The number of carbonyl (C=O) groups is 1. The van der Waals surface area contributed by atoms with Crippen molar-refractivity contribution in [3.8, 4) is 0 Å². The molecule has 0 spiro atoms. The van der Waals surface area contributed by atoms with Crippen molar-refractivity contribution in [2.24, 2.45) is 0 Å². The van der Waals surface area contributed by atoms with Gasteiger partial charge in [0.05, 0.1) is 7.11 Å². The molecule has 2 heterocycles. The number of thiazole rings is 1. The molecule has 1 fully saturated rings. The third-order valence-corrected chi connectivity index (χ3v) is 5.26. The summed E-state index contributed by atoms with van der Waals surface area (Å²) in [7, 11) is 1.38. The van der Waals surface area contributed by atoms with Gasteiger partial charge in [-0.2, -0.15) is 11.8 Å². The molecule has 0 aliphatic carbocycles. The SMILES string of the molecule is COC(=O)c1nc(NCC2CCCCS2)sc1C. The molecule has 100 valence electrons. The van der Waals surface area contributed by atoms with Gasteiger partial charge >= 0.3 is 5.97 Å². The quantitative estimate of drug-likeness (QED) is 0.862. The molecule has 0 saturated carbocycles. The Kier molecular flexibility index (Phi) is 4.88. The van der Waals surface area contributed by atoms with Gasteiger partial charge in [0.2, 0.25) is 0 Å². The summed E-state index contributed by atoms with van der Waals surface area (Å²) < 4.78 is 4.70. The first-order valence-corrected chi connectivity index (χ1v) is 7.98. The lowest BCUT2D eigenvalue weighted by atomic mass is 10.2. The van der Waals surface area contributed by atoms with Gasteiger partial charge in [0.1, 0.15) is 0 Å². The number of rotatable bonds is 4. The normalized spacial score (nSPS) is 19.6. The predicted octanol–water partition coefficient (Wildman–Crippen LogP) is 2.94. The van der Waals surface area contributed by atoms with Gasteiger partial charge in [-0.1, -0.05) is 6.42 Å². The molecule has 1 aliphatic rings. The van der Waals surface area contributed by atoms with Gasteiger partial charge in [-0.3, -0.25) is 0 Å². The van der Waals surface area contributed by atoms with Crippen LogP contribution in [0.5, 0.6) is 0 Å². The first-order chi connectivity index (χ1) is 8.70. The minimum Gasteiger partial charge on any atom is -0.464 e. The molecule has 0 amide bonds. The van der Waals surface area contributed by atoms with Gasteiger partial charge in [0, 0.05) is 16.7 Å². The number of hydrogen-bond acceptors (Lipinski definition) is 6. The number of carbonyl (C=O) groups excluding carboxylic acids is 1. The molecule has 1 aliphatic heterocycles. The number of aromatic nitrogens is 1. The summed E-state index contributed by atoms with van der Waals surface area (Å²) in [6, 6.07) is 0. The summed E-state index contributed by atoms with van der Waals surface area (Å²) in [6.45, 7) is 2.82. The Morgan fingerprint density at radius 1 is 1.56 bits per heavy atom. The average molecular weight is 286 g/mol. The zero-order valence-corrected chi connectivity index (χ0v) is 12.3. The molecule has 0 radical (unpaired) electrons. The standard InChI is InChI=1S/C12H18N2O2S2/c1-8-10(11(15)16-2)14-12(18-8)13-7-9-5-3-4-6-17-9/h9H,3-7H2,1-2H3,(H,13,14). The number of ether oxygens (including phenoxy) is 1. The van der Waals surface area contributed by atoms with Crippen molar-refractivity contribution in [1.82, 2.24) is 4.98 Å². The molecule has 1 saturated heterocycles. The van der Waals surface area contributed by atoms with E-state index >= 15 is 0 Å². The van der Waals surface area contributed by atoms with Crippen molar-refractivity contribution in [2.75, 3.05) is 24.7 Å². The van der Waals surface area contributed by atoms with E-state index in [0.717, 1.165) is 16.6 Å². The summed E-state index contributed by atoms with van der Waals surface area (Å²) in [5, 5.41) is 4.82. The van der Waals surface area contributed by atoms with Crippen molar-refractivity contribution in [3.05, 3.63) is 10.6 Å². The molecule has 1 aromatic heterocycles. The molecule has 1 unspecified atom stereocenters. The Morgan fingerprint density at radius 2 is 2.39 bits per heavy atom. The van der Waals surface area contributed by atoms with E-state index in [2.05, 4.69) is 10.3 Å². The van der Waals surface area contributed by atoms with E-state index in [4.69, 9.17) is 4.74 Å². The van der Waals surface area contributed by atoms with Crippen molar-refractivity contribution < 1.29 is 9.53 Å². The summed E-state index contributed by atoms with van der Waals surface area (Å²) in [5.41, 5.74) is 0.432. The summed E-state index contributed by atoms with van der Waals surface area (Å²) in [4.78, 5) is 16.6. The summed E-state index contributed by atoms with van der Waals surface area (Å²) >= 11 is 3.54. The molecule has 0 bridgehead atoms. The largest absolute Gasteiger partial charge is 0.464 e. The number of aryl methyl sites for hydroxylation is 1. The minimum atomic E-state index is -0.358. The van der Waals surface area contributed by atoms with E-state index in [1.807, 2.05) is 18.7 Å². The Morgan fingerprint density at radius 3 is 3.06 bits per heavy atom. The third kappa shape index (κ3) is 3.38. The van der Waals surface area contributed by atoms with Crippen LogP contribution >= 0.6 is 23.1 Å². The second kappa shape index (κ2) is 6.43. The van der Waals surface area contributed by atoms with E-state index < -0.39 is 0 Å². The van der Waals surface area contributed by atoms with Gasteiger partial charge in [-0.15, -0.1) is 11.3 Å². The first-order valence-electron chi connectivity index (χ1n) is 6.12. The van der Waals surface area contributed by atoms with Crippen LogP contribution in [0.15, 0.2) is 0 Å². The number of nitrogens with zero attached hydrogens (tertiary/aromatic N) is 1. The zero-order chi connectivity index (χ0) is 13.0. The monoisotopic (exact) mass is 286 g/mol. The van der Waals surface area contributed by atoms with E-state index in [9.17, 15) is 4.79 Å². The average Bonchev–Trinajstić information content (AvgIpc) is 2.78. The van der Waals surface area contributed by atoms with E-state index in [1.54, 1.807) is 0 Å². The van der Waals surface area contributed by atoms with Crippen LogP contribution in [0.1, 0.15) is 34.6 Å². The van der Waals surface area contributed by atoms with E-state index in [0.29, 0.717) is 10.9 Å². The van der Waals surface area contributed by atoms with Gasteiger partial charge < -0.3 is 10.1 Å². The zero-order valence-electron chi connectivity index (χ0n) is 10.7. The molecule has 18 heavy (non-hydrogen) atoms. The van der Waals surface area contributed by atoms with E-state index in [1.165, 1.54) is 43.5 Å². The lowest BCUT2D eigenvalue weighted by Gasteiger charge is -2.21. The number of nitrogens with one attached hydrogen (secondary N) is 1. The van der Waals surface area contributed by atoms with Crippen LogP contribution in [-0.4, -0.2) is 35.6 Å². The van der Waals surface area contributed by atoms with Crippen molar-refractivity contribution in [1.29, 1.82) is 0 Å². The second-order valence-electron chi connectivity index (χ2n) is 4.28. The molecular formula is C12H18N2O2S2. The van der Waals surface area contributed by atoms with Crippen LogP contribution in [0.4, 0.5) is 5.13 Å². The molecule has 4 nitrogen and oxygen atoms in total. The van der Waals surface area contributed by atoms with Crippen LogP contribution in [0.25, 0.3) is 0 Å². The minimum absolute atomic E-state index is 0.358. The van der Waals surface area contributed by atoms with Gasteiger partial charge in [0.25, 0.3) is 0 Å². The summed E-state index contributed by atoms with van der Waals surface area (Å²) in [6.07, 6.45) is 3.93. The Hall–Kier alpha value is -0.750. The summed E-state index contributed by atoms with van der Waals surface area (Å²) in [5.74, 6) is 0.903. The fraction of sp³-hybridized carbons (Fsp3) is 0.667. The van der Waals surface area contributed by atoms with E-state index in [-0.39, 0.29) is 5.97 Å². The molecule has 1 aromatic rings. The maximum atomic E-state index is 11.4. The van der Waals surface area contributed by atoms with Crippen LogP contribution < -0.4 is 5.32 Å². The third-order valence-electron chi connectivity index (χ3n) is 2.93. The van der Waals surface area contributed by atoms with Crippen LogP contribution in [0.2, 0.25) is 0 Å². The van der Waals surface area contributed by atoms with Crippen molar-refractivity contribution >= 4 is 34.2 Å². The number of hydrogen-bond donors (Lipinski definition) is 1. The Labute approximate surface area is 116 Å². The number of methoxy groups -OCH3 is 1. The first kappa shape index (κ1) is 13.7. The lowest BCUT2D eigenvalue weighted by molar-refractivity contribution is 0.0594. The number of thioether (sulfide) groups is 1. The molecule has 6 heteroatoms. The number of anilines is 1. The highest BCUT2D eigenvalue weighted by molar-refractivity contribution is 7.99. The predicted molar refractivity (Wildman–Crippen MR) is 76.8 cm³/mol. The maximum absolute atomic E-state index is 11.4. The topological polar surface area (TPSA) is 51.2 Å². The molecule has 2 rings (SSSR count).